The van der Waals surface area contributed by atoms with Gasteiger partial charge in [-0.2, -0.15) is 0 Å². The van der Waals surface area contributed by atoms with Crippen molar-refractivity contribution in [3.05, 3.63) is 35.9 Å². The molecule has 1 aromatic rings. The molecule has 0 saturated heterocycles. The normalized spacial score (nSPS) is 23.0. The molecule has 0 spiro atoms. The number of nitrogens with one attached hydrogen (secondary N) is 1. The Kier molecular flexibility index (Phi) is 7.76. The molecular formula is C17H27ClN2O. The molecule has 1 aliphatic carbocycles. The van der Waals surface area contributed by atoms with E-state index in [0.29, 0.717) is 12.3 Å². The fourth-order valence-corrected chi connectivity index (χ4v) is 3.09. The first-order chi connectivity index (χ1) is 9.65. The Morgan fingerprint density at radius 3 is 2.71 bits per heavy atom. The Bertz CT molecular complexity index is 424. The van der Waals surface area contributed by atoms with Crippen LogP contribution >= 0.6 is 12.4 Å². The van der Waals surface area contributed by atoms with Gasteiger partial charge in [-0.3, -0.25) is 4.79 Å². The van der Waals surface area contributed by atoms with Gasteiger partial charge in [-0.15, -0.1) is 12.4 Å². The lowest BCUT2D eigenvalue weighted by Crippen LogP contribution is -2.33. The molecule has 3 unspecified atom stereocenters. The highest BCUT2D eigenvalue weighted by atomic mass is 35.5. The van der Waals surface area contributed by atoms with Crippen LogP contribution in [0.3, 0.4) is 0 Å². The average molecular weight is 311 g/mol. The molecule has 3 N–H and O–H groups in total. The highest BCUT2D eigenvalue weighted by Gasteiger charge is 2.19. The number of hydrogen-bond donors (Lipinski definition) is 2. The number of amides is 1. The van der Waals surface area contributed by atoms with Crippen molar-refractivity contribution >= 4 is 18.3 Å². The molecule has 1 aliphatic rings. The van der Waals surface area contributed by atoms with Crippen LogP contribution in [0.2, 0.25) is 0 Å². The van der Waals surface area contributed by atoms with Gasteiger partial charge in [0.05, 0.1) is 0 Å². The van der Waals surface area contributed by atoms with Crippen LogP contribution < -0.4 is 11.1 Å². The van der Waals surface area contributed by atoms with E-state index in [9.17, 15) is 4.79 Å². The van der Waals surface area contributed by atoms with Crippen LogP contribution in [0, 0.1) is 11.8 Å². The molecule has 1 fully saturated rings. The minimum Gasteiger partial charge on any atom is -0.356 e. The number of halogens is 1. The summed E-state index contributed by atoms with van der Waals surface area (Å²) >= 11 is 0. The Labute approximate surface area is 134 Å². The van der Waals surface area contributed by atoms with Gasteiger partial charge in [-0.1, -0.05) is 50.1 Å². The van der Waals surface area contributed by atoms with Crippen LogP contribution in [0.5, 0.6) is 0 Å². The summed E-state index contributed by atoms with van der Waals surface area (Å²) in [6.07, 6.45) is 5.49. The maximum absolute atomic E-state index is 12.0. The summed E-state index contributed by atoms with van der Waals surface area (Å²) in [5.74, 6) is 1.52. The second-order valence-electron chi connectivity index (χ2n) is 6.16. The van der Waals surface area contributed by atoms with Crippen LogP contribution in [-0.4, -0.2) is 12.5 Å². The Hall–Kier alpha value is -1.06. The van der Waals surface area contributed by atoms with Crippen LogP contribution in [0.4, 0.5) is 0 Å². The third-order valence-corrected chi connectivity index (χ3v) is 4.27. The van der Waals surface area contributed by atoms with Gasteiger partial charge < -0.3 is 11.1 Å². The van der Waals surface area contributed by atoms with Crippen molar-refractivity contribution in [3.63, 3.8) is 0 Å². The van der Waals surface area contributed by atoms with Gasteiger partial charge in [0, 0.05) is 19.0 Å². The van der Waals surface area contributed by atoms with E-state index in [4.69, 9.17) is 5.73 Å². The van der Waals surface area contributed by atoms with Crippen molar-refractivity contribution in [2.75, 3.05) is 6.54 Å². The second-order valence-corrected chi connectivity index (χ2v) is 6.16. The summed E-state index contributed by atoms with van der Waals surface area (Å²) in [6, 6.07) is 9.61. The van der Waals surface area contributed by atoms with Crippen molar-refractivity contribution in [3.8, 4) is 0 Å². The second kappa shape index (κ2) is 9.06. The van der Waals surface area contributed by atoms with Gasteiger partial charge in [0.2, 0.25) is 5.91 Å². The number of carbonyl (C=O) groups excluding carboxylic acids is 1. The van der Waals surface area contributed by atoms with Gasteiger partial charge in [-0.05, 0) is 30.2 Å². The molecule has 0 heterocycles. The standard InChI is InChI=1S/C17H26N2O.ClH/c1-13-6-5-7-14(10-13)12-19-17(20)11-16(18)15-8-3-2-4-9-15;/h2-4,8-9,13-14,16H,5-7,10-12,18H2,1H3,(H,19,20);1H. The maximum atomic E-state index is 12.0. The lowest BCUT2D eigenvalue weighted by atomic mass is 9.82. The maximum Gasteiger partial charge on any atom is 0.221 e. The molecule has 1 saturated carbocycles. The molecule has 0 aliphatic heterocycles. The fourth-order valence-electron chi connectivity index (χ4n) is 3.09. The van der Waals surface area contributed by atoms with E-state index in [-0.39, 0.29) is 24.4 Å². The van der Waals surface area contributed by atoms with Gasteiger partial charge in [0.1, 0.15) is 0 Å². The molecule has 2 rings (SSSR count). The average Bonchev–Trinajstić information content (AvgIpc) is 2.46. The highest BCUT2D eigenvalue weighted by Crippen LogP contribution is 2.27. The summed E-state index contributed by atoms with van der Waals surface area (Å²) in [7, 11) is 0. The number of nitrogens with two attached hydrogens (primary N) is 1. The summed E-state index contributed by atoms with van der Waals surface area (Å²) in [6.45, 7) is 3.12. The zero-order valence-electron chi connectivity index (χ0n) is 12.8. The van der Waals surface area contributed by atoms with Crippen molar-refractivity contribution < 1.29 is 4.79 Å². The number of carbonyl (C=O) groups is 1. The third kappa shape index (κ3) is 6.06. The Morgan fingerprint density at radius 1 is 1.33 bits per heavy atom. The Balaban J connectivity index is 0.00000220. The lowest BCUT2D eigenvalue weighted by Gasteiger charge is -2.27. The molecule has 1 aromatic carbocycles. The fraction of sp³-hybridized carbons (Fsp3) is 0.588. The molecule has 0 radical (unpaired) electrons. The van der Waals surface area contributed by atoms with E-state index in [1.54, 1.807) is 0 Å². The molecular weight excluding hydrogens is 284 g/mol. The largest absolute Gasteiger partial charge is 0.356 e. The predicted octanol–water partition coefficient (Wildman–Crippen LogP) is 3.44. The lowest BCUT2D eigenvalue weighted by molar-refractivity contribution is -0.121. The first-order valence-corrected chi connectivity index (χ1v) is 7.72. The van der Waals surface area contributed by atoms with Crippen molar-refractivity contribution in [2.45, 2.75) is 45.1 Å². The van der Waals surface area contributed by atoms with Crippen LogP contribution in [-0.2, 0) is 4.79 Å². The van der Waals surface area contributed by atoms with E-state index in [1.165, 1.54) is 25.7 Å². The van der Waals surface area contributed by atoms with E-state index >= 15 is 0 Å². The Morgan fingerprint density at radius 2 is 2.05 bits per heavy atom. The zero-order chi connectivity index (χ0) is 14.4. The SMILES string of the molecule is CC1CCCC(CNC(=O)CC(N)c2ccccc2)C1.Cl. The topological polar surface area (TPSA) is 55.1 Å². The van der Waals surface area contributed by atoms with Crippen LogP contribution in [0.25, 0.3) is 0 Å². The number of benzene rings is 1. The number of rotatable bonds is 5. The number of hydrogen-bond acceptors (Lipinski definition) is 2. The molecule has 3 nitrogen and oxygen atoms in total. The van der Waals surface area contributed by atoms with Crippen molar-refractivity contribution in [1.29, 1.82) is 0 Å². The van der Waals surface area contributed by atoms with Gasteiger partial charge >= 0.3 is 0 Å². The van der Waals surface area contributed by atoms with Crippen LogP contribution in [0.15, 0.2) is 30.3 Å². The molecule has 21 heavy (non-hydrogen) atoms. The summed E-state index contributed by atoms with van der Waals surface area (Å²) < 4.78 is 0. The van der Waals surface area contributed by atoms with E-state index in [0.717, 1.165) is 18.0 Å². The van der Waals surface area contributed by atoms with Gasteiger partial charge in [0.25, 0.3) is 0 Å². The summed E-state index contributed by atoms with van der Waals surface area (Å²) in [5.41, 5.74) is 7.09. The quantitative estimate of drug-likeness (QED) is 0.875. The molecule has 3 atom stereocenters. The minimum absolute atomic E-state index is 0. The summed E-state index contributed by atoms with van der Waals surface area (Å²) in [4.78, 5) is 12.0. The minimum atomic E-state index is -0.207. The monoisotopic (exact) mass is 310 g/mol. The molecule has 118 valence electrons. The van der Waals surface area contributed by atoms with Gasteiger partial charge in [0.15, 0.2) is 0 Å². The van der Waals surface area contributed by atoms with Gasteiger partial charge in [-0.25, -0.2) is 0 Å². The van der Waals surface area contributed by atoms with E-state index in [2.05, 4.69) is 12.2 Å². The van der Waals surface area contributed by atoms with Crippen molar-refractivity contribution in [2.24, 2.45) is 17.6 Å². The molecule has 0 bridgehead atoms. The molecule has 4 heteroatoms. The summed E-state index contributed by atoms with van der Waals surface area (Å²) in [5, 5.41) is 3.05. The zero-order valence-corrected chi connectivity index (χ0v) is 13.6. The first-order valence-electron chi connectivity index (χ1n) is 7.72. The smallest absolute Gasteiger partial charge is 0.221 e. The predicted molar refractivity (Wildman–Crippen MR) is 89.4 cm³/mol. The van der Waals surface area contributed by atoms with E-state index < -0.39 is 0 Å². The van der Waals surface area contributed by atoms with Crippen molar-refractivity contribution in [1.82, 2.24) is 5.32 Å². The highest BCUT2D eigenvalue weighted by molar-refractivity contribution is 5.85. The van der Waals surface area contributed by atoms with Crippen LogP contribution in [0.1, 0.15) is 50.6 Å². The van der Waals surface area contributed by atoms with E-state index in [1.807, 2.05) is 30.3 Å². The molecule has 0 aromatic heterocycles. The molecule has 1 amide bonds. The third-order valence-electron chi connectivity index (χ3n) is 4.27. The first kappa shape index (κ1) is 18.0.